The molecule has 0 spiro atoms. The van der Waals surface area contributed by atoms with Gasteiger partial charge in [-0.25, -0.2) is 9.97 Å². The highest BCUT2D eigenvalue weighted by Gasteiger charge is 2.31. The number of rotatable bonds is 3. The molecule has 112 valence electrons. The summed E-state index contributed by atoms with van der Waals surface area (Å²) in [4.78, 5) is 27.3. The van der Waals surface area contributed by atoms with Crippen LogP contribution < -0.4 is 0 Å². The van der Waals surface area contributed by atoms with Gasteiger partial charge in [-0.05, 0) is 38.0 Å². The van der Waals surface area contributed by atoms with Crippen LogP contribution in [-0.2, 0) is 4.79 Å². The van der Waals surface area contributed by atoms with Crippen LogP contribution in [0.1, 0.15) is 31.5 Å². The zero-order valence-corrected chi connectivity index (χ0v) is 12.6. The third kappa shape index (κ3) is 2.74. The highest BCUT2D eigenvalue weighted by Crippen LogP contribution is 2.32. The summed E-state index contributed by atoms with van der Waals surface area (Å²) in [6.07, 6.45) is 5.34. The molecule has 5 nitrogen and oxygen atoms in total. The van der Waals surface area contributed by atoms with Gasteiger partial charge in [0, 0.05) is 24.5 Å². The van der Waals surface area contributed by atoms with E-state index in [1.165, 1.54) is 0 Å². The van der Waals surface area contributed by atoms with Crippen molar-refractivity contribution in [2.24, 2.45) is 0 Å². The van der Waals surface area contributed by atoms with Crippen LogP contribution >= 0.6 is 0 Å². The minimum atomic E-state index is -0.00494. The average Bonchev–Trinajstić information content (AvgIpc) is 3.04. The molecule has 1 saturated heterocycles. The van der Waals surface area contributed by atoms with Crippen LogP contribution in [-0.4, -0.2) is 32.3 Å². The van der Waals surface area contributed by atoms with Crippen molar-refractivity contribution in [2.45, 2.75) is 25.8 Å². The molecule has 1 aliphatic rings. The summed E-state index contributed by atoms with van der Waals surface area (Å²) < 4.78 is 0. The molecule has 0 aromatic carbocycles. The molecule has 3 rings (SSSR count). The monoisotopic (exact) mass is 294 g/mol. The first kappa shape index (κ1) is 14.4. The van der Waals surface area contributed by atoms with E-state index in [9.17, 15) is 4.79 Å². The molecule has 1 fully saturated rings. The quantitative estimate of drug-likeness (QED) is 0.817. The molecule has 1 atom stereocenters. The van der Waals surface area contributed by atoms with E-state index in [0.29, 0.717) is 11.4 Å². The van der Waals surface area contributed by atoms with Gasteiger partial charge in [-0.2, -0.15) is 0 Å². The van der Waals surface area contributed by atoms with Crippen molar-refractivity contribution < 1.29 is 4.79 Å². The smallest absolute Gasteiger partial charge is 0.249 e. The molecule has 22 heavy (non-hydrogen) atoms. The van der Waals surface area contributed by atoms with Gasteiger partial charge in [0.1, 0.15) is 5.69 Å². The van der Waals surface area contributed by atoms with Gasteiger partial charge in [0.2, 0.25) is 5.91 Å². The highest BCUT2D eigenvalue weighted by atomic mass is 16.2. The Hall–Kier alpha value is -2.56. The molecule has 3 heterocycles. The van der Waals surface area contributed by atoms with E-state index >= 15 is 0 Å². The second kappa shape index (κ2) is 6.05. The molecule has 2 aromatic rings. The summed E-state index contributed by atoms with van der Waals surface area (Å²) in [5.41, 5.74) is 2.16. The van der Waals surface area contributed by atoms with Crippen LogP contribution in [0.3, 0.4) is 0 Å². The van der Waals surface area contributed by atoms with Gasteiger partial charge in [0.15, 0.2) is 5.82 Å². The summed E-state index contributed by atoms with van der Waals surface area (Å²) in [5, 5.41) is 0. The third-order valence-electron chi connectivity index (χ3n) is 3.79. The highest BCUT2D eigenvalue weighted by molar-refractivity contribution is 5.92. The third-order valence-corrected chi connectivity index (χ3v) is 3.79. The minimum Gasteiger partial charge on any atom is -0.330 e. The van der Waals surface area contributed by atoms with Crippen LogP contribution in [0, 0.1) is 0 Å². The first-order chi connectivity index (χ1) is 10.7. The van der Waals surface area contributed by atoms with Crippen LogP contribution in [0.4, 0.5) is 0 Å². The molecule has 0 bridgehead atoms. The molecular weight excluding hydrogens is 276 g/mol. The second-order valence-electron chi connectivity index (χ2n) is 5.46. The lowest BCUT2D eigenvalue weighted by molar-refractivity contribution is -0.128. The van der Waals surface area contributed by atoms with Crippen molar-refractivity contribution in [3.63, 3.8) is 0 Å². The lowest BCUT2D eigenvalue weighted by atomic mass is 10.1. The number of likely N-dealkylation sites (tertiary alicyclic amines) is 1. The molecule has 0 aliphatic carbocycles. The van der Waals surface area contributed by atoms with Gasteiger partial charge < -0.3 is 4.90 Å². The van der Waals surface area contributed by atoms with Gasteiger partial charge in [-0.3, -0.25) is 9.78 Å². The molecular formula is C17H18N4O. The Labute approximate surface area is 129 Å². The number of carbonyl (C=O) groups excluding carboxylic acids is 1. The normalized spacial score (nSPS) is 17.5. The van der Waals surface area contributed by atoms with Crippen LogP contribution in [0.2, 0.25) is 0 Å². The lowest BCUT2D eigenvalue weighted by Gasteiger charge is -2.24. The van der Waals surface area contributed by atoms with E-state index in [2.05, 4.69) is 21.5 Å². The Morgan fingerprint density at radius 1 is 1.27 bits per heavy atom. The molecule has 1 unspecified atom stereocenters. The van der Waals surface area contributed by atoms with E-state index in [1.807, 2.05) is 29.2 Å². The number of hydrogen-bond acceptors (Lipinski definition) is 4. The number of nitrogens with zero attached hydrogens (tertiary/aromatic N) is 4. The zero-order valence-electron chi connectivity index (χ0n) is 12.6. The van der Waals surface area contributed by atoms with Gasteiger partial charge in [0.05, 0.1) is 11.7 Å². The molecule has 2 aromatic heterocycles. The molecule has 0 N–H and O–H groups in total. The van der Waals surface area contributed by atoms with Crippen LogP contribution in [0.5, 0.6) is 0 Å². The number of amides is 1. The van der Waals surface area contributed by atoms with E-state index in [-0.39, 0.29) is 11.9 Å². The average molecular weight is 294 g/mol. The Bertz CT molecular complexity index is 699. The molecule has 0 radical (unpaired) electrons. The predicted octanol–water partition coefficient (Wildman–Crippen LogP) is 2.78. The topological polar surface area (TPSA) is 59.0 Å². The van der Waals surface area contributed by atoms with Crippen molar-refractivity contribution in [1.29, 1.82) is 0 Å². The lowest BCUT2D eigenvalue weighted by Crippen LogP contribution is -2.31. The Morgan fingerprint density at radius 3 is 2.86 bits per heavy atom. The summed E-state index contributed by atoms with van der Waals surface area (Å²) >= 11 is 0. The van der Waals surface area contributed by atoms with Crippen molar-refractivity contribution in [1.82, 2.24) is 19.9 Å². The number of carbonyl (C=O) groups is 1. The Balaban J connectivity index is 1.92. The predicted molar refractivity (Wildman–Crippen MR) is 83.8 cm³/mol. The Morgan fingerprint density at radius 2 is 2.14 bits per heavy atom. The zero-order chi connectivity index (χ0) is 15.5. The minimum absolute atomic E-state index is 0.000461. The molecule has 1 aliphatic heterocycles. The second-order valence-corrected chi connectivity index (χ2v) is 5.46. The van der Waals surface area contributed by atoms with Crippen LogP contribution in [0.15, 0.2) is 48.8 Å². The summed E-state index contributed by atoms with van der Waals surface area (Å²) in [6.45, 7) is 6.26. The van der Waals surface area contributed by atoms with E-state index < -0.39 is 0 Å². The summed E-state index contributed by atoms with van der Waals surface area (Å²) in [6, 6.07) is 7.52. The van der Waals surface area contributed by atoms with Crippen molar-refractivity contribution in [2.75, 3.05) is 6.54 Å². The fourth-order valence-electron chi connectivity index (χ4n) is 2.74. The van der Waals surface area contributed by atoms with E-state index in [4.69, 9.17) is 0 Å². The largest absolute Gasteiger partial charge is 0.330 e. The number of hydrogen-bond donors (Lipinski definition) is 0. The summed E-state index contributed by atoms with van der Waals surface area (Å²) in [7, 11) is 0. The van der Waals surface area contributed by atoms with Crippen molar-refractivity contribution in [3.8, 4) is 11.5 Å². The maximum Gasteiger partial charge on any atom is 0.249 e. The molecule has 1 amide bonds. The Kier molecular flexibility index (Phi) is 3.96. The van der Waals surface area contributed by atoms with E-state index in [1.54, 1.807) is 19.3 Å². The van der Waals surface area contributed by atoms with Crippen molar-refractivity contribution in [3.05, 3.63) is 54.5 Å². The maximum absolute atomic E-state index is 12.3. The number of aromatic nitrogens is 3. The standard InChI is InChI=1S/C17H18N4O/c1-12(2)17(22)21-11-5-7-15(21)13-8-10-19-16(20-13)14-6-3-4-9-18-14/h3-4,6,8-10,15H,1,5,7,11H2,2H3. The maximum atomic E-state index is 12.3. The first-order valence-electron chi connectivity index (χ1n) is 7.37. The van der Waals surface area contributed by atoms with Gasteiger partial charge >= 0.3 is 0 Å². The first-order valence-corrected chi connectivity index (χ1v) is 7.37. The van der Waals surface area contributed by atoms with Gasteiger partial charge in [-0.1, -0.05) is 12.6 Å². The van der Waals surface area contributed by atoms with Gasteiger partial charge in [-0.15, -0.1) is 0 Å². The van der Waals surface area contributed by atoms with Gasteiger partial charge in [0.25, 0.3) is 0 Å². The number of pyridine rings is 1. The molecule has 0 saturated carbocycles. The summed E-state index contributed by atoms with van der Waals surface area (Å²) in [5.74, 6) is 0.591. The van der Waals surface area contributed by atoms with Crippen molar-refractivity contribution >= 4 is 5.91 Å². The van der Waals surface area contributed by atoms with E-state index in [0.717, 1.165) is 30.8 Å². The SMILES string of the molecule is C=C(C)C(=O)N1CCCC1c1ccnc(-c2ccccn2)n1. The molecule has 5 heteroatoms. The fraction of sp³-hybridized carbons (Fsp3) is 0.294. The van der Waals surface area contributed by atoms with Crippen LogP contribution in [0.25, 0.3) is 11.5 Å². The fourth-order valence-corrected chi connectivity index (χ4v) is 2.74.